The van der Waals surface area contributed by atoms with Crippen molar-refractivity contribution < 1.29 is 4.74 Å². The van der Waals surface area contributed by atoms with Gasteiger partial charge in [0.25, 0.3) is 0 Å². The third-order valence-electron chi connectivity index (χ3n) is 3.00. The van der Waals surface area contributed by atoms with E-state index in [0.29, 0.717) is 16.1 Å². The number of benzene rings is 1. The molecular formula is C12H15Cl2NO. The summed E-state index contributed by atoms with van der Waals surface area (Å²) in [6, 6.07) is 5.76. The highest BCUT2D eigenvalue weighted by molar-refractivity contribution is 6.35. The molecule has 1 aliphatic rings. The van der Waals surface area contributed by atoms with Gasteiger partial charge >= 0.3 is 0 Å². The lowest BCUT2D eigenvalue weighted by Crippen LogP contribution is -2.36. The van der Waals surface area contributed by atoms with Crippen LogP contribution in [-0.4, -0.2) is 19.2 Å². The van der Waals surface area contributed by atoms with E-state index in [-0.39, 0.29) is 6.10 Å². The number of ether oxygens (including phenoxy) is 1. The van der Waals surface area contributed by atoms with Gasteiger partial charge in [0.15, 0.2) is 0 Å². The first kappa shape index (κ1) is 12.0. The van der Waals surface area contributed by atoms with Crippen LogP contribution >= 0.6 is 23.2 Å². The first-order valence-corrected chi connectivity index (χ1v) is 6.25. The summed E-state index contributed by atoms with van der Waals surface area (Å²) in [6.45, 7) is 0. The summed E-state index contributed by atoms with van der Waals surface area (Å²) in [6.07, 6.45) is 3.64. The van der Waals surface area contributed by atoms with Gasteiger partial charge in [-0.25, -0.2) is 0 Å². The summed E-state index contributed by atoms with van der Waals surface area (Å²) < 4.78 is 5.91. The van der Waals surface area contributed by atoms with Crippen LogP contribution in [0.4, 0.5) is 0 Å². The van der Waals surface area contributed by atoms with Crippen molar-refractivity contribution in [1.29, 1.82) is 0 Å². The summed E-state index contributed by atoms with van der Waals surface area (Å²) >= 11 is 11.9. The maximum absolute atomic E-state index is 6.07. The van der Waals surface area contributed by atoms with Crippen molar-refractivity contribution in [2.45, 2.75) is 31.4 Å². The molecule has 1 N–H and O–H groups in total. The van der Waals surface area contributed by atoms with Crippen LogP contribution < -0.4 is 10.1 Å². The van der Waals surface area contributed by atoms with E-state index in [2.05, 4.69) is 5.32 Å². The van der Waals surface area contributed by atoms with Crippen molar-refractivity contribution in [2.75, 3.05) is 7.05 Å². The molecule has 4 heteroatoms. The maximum atomic E-state index is 6.07. The molecule has 0 bridgehead atoms. The van der Waals surface area contributed by atoms with E-state index in [9.17, 15) is 0 Å². The molecule has 1 aliphatic carbocycles. The highest BCUT2D eigenvalue weighted by atomic mass is 35.5. The second-order valence-corrected chi connectivity index (χ2v) is 4.90. The quantitative estimate of drug-likeness (QED) is 0.897. The van der Waals surface area contributed by atoms with Crippen molar-refractivity contribution in [3.63, 3.8) is 0 Å². The molecule has 1 aromatic carbocycles. The van der Waals surface area contributed by atoms with Crippen molar-refractivity contribution >= 4 is 23.2 Å². The molecule has 88 valence electrons. The Bertz CT molecular complexity index is 370. The lowest BCUT2D eigenvalue weighted by Gasteiger charge is -2.21. The zero-order chi connectivity index (χ0) is 11.5. The molecule has 2 atom stereocenters. The zero-order valence-electron chi connectivity index (χ0n) is 9.17. The van der Waals surface area contributed by atoms with Gasteiger partial charge in [-0.3, -0.25) is 0 Å². The minimum atomic E-state index is 0.212. The van der Waals surface area contributed by atoms with E-state index in [0.717, 1.165) is 18.6 Å². The largest absolute Gasteiger partial charge is 0.487 e. The predicted molar refractivity (Wildman–Crippen MR) is 67.6 cm³/mol. The zero-order valence-corrected chi connectivity index (χ0v) is 10.7. The number of hydrogen-bond donors (Lipinski definition) is 1. The van der Waals surface area contributed by atoms with Crippen LogP contribution in [0.3, 0.4) is 0 Å². The molecule has 0 spiro atoms. The van der Waals surface area contributed by atoms with E-state index < -0.39 is 0 Å². The fourth-order valence-corrected chi connectivity index (χ4v) is 2.58. The van der Waals surface area contributed by atoms with Crippen molar-refractivity contribution in [3.8, 4) is 5.75 Å². The summed E-state index contributed by atoms with van der Waals surface area (Å²) in [4.78, 5) is 0. The van der Waals surface area contributed by atoms with Gasteiger partial charge in [-0.2, -0.15) is 0 Å². The molecule has 0 heterocycles. The molecule has 2 nitrogen and oxygen atoms in total. The van der Waals surface area contributed by atoms with Crippen LogP contribution in [0.1, 0.15) is 19.3 Å². The number of likely N-dealkylation sites (N-methyl/N-ethyl adjacent to an activating group) is 1. The fourth-order valence-electron chi connectivity index (χ4n) is 2.13. The van der Waals surface area contributed by atoms with E-state index in [1.807, 2.05) is 13.1 Å². The van der Waals surface area contributed by atoms with Crippen molar-refractivity contribution in [1.82, 2.24) is 5.32 Å². The Kier molecular flexibility index (Phi) is 3.95. The van der Waals surface area contributed by atoms with Crippen molar-refractivity contribution in [3.05, 3.63) is 28.2 Å². The van der Waals surface area contributed by atoms with Crippen LogP contribution in [0.2, 0.25) is 10.0 Å². The normalized spacial score (nSPS) is 24.7. The van der Waals surface area contributed by atoms with Crippen LogP contribution in [-0.2, 0) is 0 Å². The minimum absolute atomic E-state index is 0.212. The molecule has 0 saturated heterocycles. The lowest BCUT2D eigenvalue weighted by molar-refractivity contribution is 0.179. The van der Waals surface area contributed by atoms with Crippen LogP contribution in [0.25, 0.3) is 0 Å². The molecule has 16 heavy (non-hydrogen) atoms. The average molecular weight is 260 g/mol. The highest BCUT2D eigenvalue weighted by Crippen LogP contribution is 2.31. The van der Waals surface area contributed by atoms with E-state index >= 15 is 0 Å². The molecule has 2 rings (SSSR count). The molecule has 1 fully saturated rings. The van der Waals surface area contributed by atoms with Gasteiger partial charge in [0.05, 0.1) is 5.02 Å². The third kappa shape index (κ3) is 2.62. The molecule has 1 aromatic rings. The van der Waals surface area contributed by atoms with Gasteiger partial charge in [0.1, 0.15) is 11.9 Å². The first-order chi connectivity index (χ1) is 7.70. The molecule has 0 aromatic heterocycles. The van der Waals surface area contributed by atoms with Crippen molar-refractivity contribution in [2.24, 2.45) is 0 Å². The molecule has 0 radical (unpaired) electrons. The Hall–Kier alpha value is -0.440. The van der Waals surface area contributed by atoms with Gasteiger partial charge in [-0.1, -0.05) is 23.2 Å². The fraction of sp³-hybridized carbons (Fsp3) is 0.500. The standard InChI is InChI=1S/C12H15Cl2NO/c1-15-10-3-2-4-12(10)16-11-6-5-8(13)7-9(11)14/h5-7,10,12,15H,2-4H2,1H3. The highest BCUT2D eigenvalue weighted by Gasteiger charge is 2.27. The molecule has 2 unspecified atom stereocenters. The Morgan fingerprint density at radius 3 is 2.81 bits per heavy atom. The van der Waals surface area contributed by atoms with Gasteiger partial charge in [-0.05, 0) is 44.5 Å². The van der Waals surface area contributed by atoms with Gasteiger partial charge < -0.3 is 10.1 Å². The van der Waals surface area contributed by atoms with E-state index in [1.54, 1.807) is 12.1 Å². The Morgan fingerprint density at radius 2 is 2.12 bits per heavy atom. The molecular weight excluding hydrogens is 245 g/mol. The topological polar surface area (TPSA) is 21.3 Å². The molecule has 1 saturated carbocycles. The van der Waals surface area contributed by atoms with Crippen LogP contribution in [0.5, 0.6) is 5.75 Å². The summed E-state index contributed by atoms with van der Waals surface area (Å²) in [7, 11) is 1.97. The lowest BCUT2D eigenvalue weighted by atomic mass is 10.2. The third-order valence-corrected chi connectivity index (χ3v) is 3.53. The Labute approximate surface area is 106 Å². The van der Waals surface area contributed by atoms with Gasteiger partial charge in [0.2, 0.25) is 0 Å². The average Bonchev–Trinajstić information content (AvgIpc) is 2.69. The summed E-state index contributed by atoms with van der Waals surface area (Å²) in [5, 5.41) is 4.48. The summed E-state index contributed by atoms with van der Waals surface area (Å²) in [5.41, 5.74) is 0. The first-order valence-electron chi connectivity index (χ1n) is 5.49. The Morgan fingerprint density at radius 1 is 1.31 bits per heavy atom. The smallest absolute Gasteiger partial charge is 0.138 e. The van der Waals surface area contributed by atoms with Crippen LogP contribution in [0, 0.1) is 0 Å². The van der Waals surface area contributed by atoms with Crippen LogP contribution in [0.15, 0.2) is 18.2 Å². The number of rotatable bonds is 3. The van der Waals surface area contributed by atoms with Gasteiger partial charge in [0, 0.05) is 11.1 Å². The number of hydrogen-bond acceptors (Lipinski definition) is 2. The maximum Gasteiger partial charge on any atom is 0.138 e. The van der Waals surface area contributed by atoms with Gasteiger partial charge in [-0.15, -0.1) is 0 Å². The number of halogens is 2. The molecule has 0 amide bonds. The van der Waals surface area contributed by atoms with E-state index in [4.69, 9.17) is 27.9 Å². The SMILES string of the molecule is CNC1CCCC1Oc1ccc(Cl)cc1Cl. The Balaban J connectivity index is 2.08. The van der Waals surface area contributed by atoms with E-state index in [1.165, 1.54) is 6.42 Å². The molecule has 0 aliphatic heterocycles. The monoisotopic (exact) mass is 259 g/mol. The summed E-state index contributed by atoms with van der Waals surface area (Å²) in [5.74, 6) is 0.721. The number of nitrogens with one attached hydrogen (secondary N) is 1. The second-order valence-electron chi connectivity index (χ2n) is 4.06. The minimum Gasteiger partial charge on any atom is -0.487 e. The predicted octanol–water partition coefficient (Wildman–Crippen LogP) is 3.51. The second kappa shape index (κ2) is 5.26.